The summed E-state index contributed by atoms with van der Waals surface area (Å²) in [4.78, 5) is 62.6. The molecule has 0 radical (unpaired) electrons. The first-order valence-electron chi connectivity index (χ1n) is 18.7. The Morgan fingerprint density at radius 3 is 2.16 bits per heavy atom. The van der Waals surface area contributed by atoms with Crippen LogP contribution in [0.15, 0.2) is 73.6 Å². The maximum Gasteiger partial charge on any atom is 0.407 e. The van der Waals surface area contributed by atoms with E-state index in [-0.39, 0.29) is 36.2 Å². The van der Waals surface area contributed by atoms with Crippen LogP contribution in [0.3, 0.4) is 0 Å². The Morgan fingerprint density at radius 1 is 0.945 bits per heavy atom. The smallest absolute Gasteiger partial charge is 0.407 e. The number of alkyl carbamates (subject to hydrolysis) is 1. The molecule has 5 N–H and O–H groups in total. The number of imidazole rings is 2. The van der Waals surface area contributed by atoms with Gasteiger partial charge in [0.1, 0.15) is 23.5 Å². The van der Waals surface area contributed by atoms with Crippen LogP contribution < -0.4 is 11.1 Å². The molecule has 55 heavy (non-hydrogen) atoms. The molecule has 2 saturated heterocycles. The van der Waals surface area contributed by atoms with E-state index in [4.69, 9.17) is 15.5 Å². The lowest BCUT2D eigenvalue weighted by atomic mass is 10.0. The maximum absolute atomic E-state index is 15.7. The van der Waals surface area contributed by atoms with Crippen LogP contribution in [0.4, 0.5) is 9.18 Å². The summed E-state index contributed by atoms with van der Waals surface area (Å²) in [5, 5.41) is 3.48. The summed E-state index contributed by atoms with van der Waals surface area (Å²) in [7, 11) is 1.26. The number of carbonyl (C=O) groups excluding carboxylic acids is 3. The summed E-state index contributed by atoms with van der Waals surface area (Å²) in [6.07, 6.45) is 7.81. The molecule has 14 heteroatoms. The van der Waals surface area contributed by atoms with Crippen LogP contribution in [-0.2, 0) is 14.3 Å². The summed E-state index contributed by atoms with van der Waals surface area (Å²) in [6.45, 7) is 8.78. The van der Waals surface area contributed by atoms with Gasteiger partial charge in [-0.1, -0.05) is 38.1 Å². The van der Waals surface area contributed by atoms with E-state index in [1.54, 1.807) is 40.4 Å². The van der Waals surface area contributed by atoms with Gasteiger partial charge in [-0.15, -0.1) is 6.58 Å². The molecule has 7 rings (SSSR count). The highest BCUT2D eigenvalue weighted by Gasteiger charge is 2.37. The first-order chi connectivity index (χ1) is 26.6. The van der Waals surface area contributed by atoms with Crippen molar-refractivity contribution in [2.75, 3.05) is 20.2 Å². The second kappa shape index (κ2) is 15.8. The number of hydrogen-bond donors (Lipinski definition) is 4. The van der Waals surface area contributed by atoms with Crippen LogP contribution in [0.5, 0.6) is 0 Å². The predicted molar refractivity (Wildman–Crippen MR) is 207 cm³/mol. The Morgan fingerprint density at radius 2 is 1.56 bits per heavy atom. The van der Waals surface area contributed by atoms with E-state index in [9.17, 15) is 14.4 Å². The second-order valence-electron chi connectivity index (χ2n) is 14.5. The molecule has 286 valence electrons. The highest BCUT2D eigenvalue weighted by atomic mass is 19.1. The van der Waals surface area contributed by atoms with Crippen molar-refractivity contribution in [2.45, 2.75) is 70.1 Å². The monoisotopic (exact) mass is 747 g/mol. The van der Waals surface area contributed by atoms with Gasteiger partial charge in [-0.2, -0.15) is 0 Å². The zero-order chi connectivity index (χ0) is 38.8. The third-order valence-corrected chi connectivity index (χ3v) is 10.6. The van der Waals surface area contributed by atoms with Gasteiger partial charge in [-0.05, 0) is 68.4 Å². The Kier molecular flexibility index (Phi) is 10.8. The number of carbonyl (C=O) groups is 3. The number of amides is 3. The van der Waals surface area contributed by atoms with Crippen LogP contribution >= 0.6 is 0 Å². The molecule has 13 nitrogen and oxygen atoms in total. The Balaban J connectivity index is 1.05. The summed E-state index contributed by atoms with van der Waals surface area (Å²) < 4.78 is 20.4. The zero-order valence-electron chi connectivity index (χ0n) is 31.2. The number of halogens is 1. The summed E-state index contributed by atoms with van der Waals surface area (Å²) >= 11 is 0. The third kappa shape index (κ3) is 7.59. The topological polar surface area (TPSA) is 175 Å². The van der Waals surface area contributed by atoms with E-state index < -0.39 is 24.0 Å². The average Bonchev–Trinajstić information content (AvgIpc) is 4.03. The fraction of sp³-hybridized carbons (Fsp3) is 0.366. The minimum absolute atomic E-state index is 0.0319. The number of nitrogens with two attached hydrogens (primary N) is 1. The van der Waals surface area contributed by atoms with Crippen molar-refractivity contribution < 1.29 is 23.5 Å². The van der Waals surface area contributed by atoms with E-state index in [0.29, 0.717) is 52.8 Å². The molecule has 5 aromatic rings. The molecule has 2 aliphatic rings. The number of H-pyrrole nitrogens is 2. The van der Waals surface area contributed by atoms with Gasteiger partial charge in [0.2, 0.25) is 11.8 Å². The van der Waals surface area contributed by atoms with Crippen LogP contribution in [0, 0.1) is 11.7 Å². The van der Waals surface area contributed by atoms with Gasteiger partial charge in [-0.25, -0.2) is 24.1 Å². The molecule has 5 heterocycles. The van der Waals surface area contributed by atoms with Crippen LogP contribution in [-0.4, -0.2) is 84.9 Å². The van der Waals surface area contributed by atoms with Gasteiger partial charge in [0.15, 0.2) is 0 Å². The van der Waals surface area contributed by atoms with Crippen molar-refractivity contribution in [3.05, 3.63) is 91.0 Å². The lowest BCUT2D eigenvalue weighted by molar-refractivity contribution is -0.135. The van der Waals surface area contributed by atoms with Gasteiger partial charge >= 0.3 is 6.09 Å². The van der Waals surface area contributed by atoms with Gasteiger partial charge in [0.25, 0.3) is 0 Å². The highest BCUT2D eigenvalue weighted by Crippen LogP contribution is 2.35. The molecule has 0 unspecified atom stereocenters. The Hall–Kier alpha value is -5.89. The zero-order valence-corrected chi connectivity index (χ0v) is 31.2. The van der Waals surface area contributed by atoms with Gasteiger partial charge < -0.3 is 35.6 Å². The first-order valence-corrected chi connectivity index (χ1v) is 18.7. The average molecular weight is 748 g/mol. The second-order valence-corrected chi connectivity index (χ2v) is 14.5. The number of nitrogens with zero attached hydrogens (tertiary/aromatic N) is 5. The number of hydrogen-bond acceptors (Lipinski definition) is 8. The van der Waals surface area contributed by atoms with Gasteiger partial charge in [0.05, 0.1) is 60.2 Å². The lowest BCUT2D eigenvalue weighted by Gasteiger charge is -2.27. The fourth-order valence-corrected chi connectivity index (χ4v) is 7.53. The molecular formula is C41H46FN9O4. The fourth-order valence-electron chi connectivity index (χ4n) is 7.53. The molecule has 3 aromatic heterocycles. The van der Waals surface area contributed by atoms with E-state index in [0.717, 1.165) is 42.3 Å². The Bertz CT molecular complexity index is 2230. The standard InChI is InChI=1S/C41H46FN9O4/c1-5-8-31(49-41(54)55-4)39(52)50-17-6-9-34(50)37-44-21-32(47-37)25-12-15-29-24(19-25)13-16-30(46-29)27-14-11-26(20-28(27)42)33-22-45-38(48-33)35-10-7-18-51(35)40(53)36(43)23(2)3/h5,11-16,19-23,31,34-36H,1,6-10,17-18,43H2,2-4H3,(H,44,47)(H,45,48)(H,49,54)/t31-,34-,35-,36-/m0/s1. The molecule has 4 atom stereocenters. The molecule has 0 saturated carbocycles. The molecule has 2 aliphatic heterocycles. The number of benzene rings is 2. The lowest BCUT2D eigenvalue weighted by Crippen LogP contribution is -2.48. The number of aromatic nitrogens is 5. The summed E-state index contributed by atoms with van der Waals surface area (Å²) in [5.41, 5.74) is 10.7. The molecule has 0 aliphatic carbocycles. The van der Waals surface area contributed by atoms with Crippen LogP contribution in [0.2, 0.25) is 0 Å². The van der Waals surface area contributed by atoms with Gasteiger partial charge in [0, 0.05) is 35.2 Å². The number of ether oxygens (including phenoxy) is 1. The highest BCUT2D eigenvalue weighted by molar-refractivity contribution is 5.87. The summed E-state index contributed by atoms with van der Waals surface area (Å²) in [5.74, 6) is 0.655. The maximum atomic E-state index is 15.7. The number of likely N-dealkylation sites (tertiary alicyclic amines) is 2. The molecule has 2 aromatic carbocycles. The third-order valence-electron chi connectivity index (χ3n) is 10.6. The normalized spacial score (nSPS) is 18.1. The number of rotatable bonds is 11. The van der Waals surface area contributed by atoms with Crippen molar-refractivity contribution in [3.8, 4) is 33.8 Å². The largest absolute Gasteiger partial charge is 0.453 e. The van der Waals surface area contributed by atoms with E-state index in [1.165, 1.54) is 13.2 Å². The molecule has 0 bridgehead atoms. The van der Waals surface area contributed by atoms with Crippen LogP contribution in [0.25, 0.3) is 44.7 Å². The van der Waals surface area contributed by atoms with E-state index >= 15 is 4.39 Å². The SMILES string of the molecule is C=CC[C@H](NC(=O)OC)C(=O)N1CCC[C@H]1c1ncc(-c2ccc3nc(-c4ccc(-c5cnc([C@@H]6CCCN6C(=O)[C@@H](N)C(C)C)[nH]5)cc4F)ccc3c2)[nH]1. The molecule has 2 fully saturated rings. The first kappa shape index (κ1) is 37.4. The number of fused-ring (bicyclic) bond motifs is 1. The van der Waals surface area contributed by atoms with E-state index in [1.807, 2.05) is 44.2 Å². The quantitative estimate of drug-likeness (QED) is 0.112. The number of aromatic amines is 2. The number of pyridine rings is 1. The van der Waals surface area contributed by atoms with Crippen molar-refractivity contribution in [1.29, 1.82) is 0 Å². The molecular weight excluding hydrogens is 702 g/mol. The summed E-state index contributed by atoms with van der Waals surface area (Å²) in [6, 6.07) is 12.7. The van der Waals surface area contributed by atoms with Gasteiger partial charge in [-0.3, -0.25) is 9.59 Å². The van der Waals surface area contributed by atoms with E-state index in [2.05, 4.69) is 31.8 Å². The van der Waals surface area contributed by atoms with Crippen LogP contribution in [0.1, 0.15) is 69.7 Å². The van der Waals surface area contributed by atoms with Crippen molar-refractivity contribution in [2.24, 2.45) is 11.7 Å². The van der Waals surface area contributed by atoms with Crippen molar-refractivity contribution in [3.63, 3.8) is 0 Å². The number of nitrogens with one attached hydrogen (secondary N) is 3. The molecule has 3 amide bonds. The predicted octanol–water partition coefficient (Wildman–Crippen LogP) is 6.43. The minimum atomic E-state index is -0.782. The number of methoxy groups -OCH3 is 1. The minimum Gasteiger partial charge on any atom is -0.453 e. The van der Waals surface area contributed by atoms with Crippen molar-refractivity contribution >= 4 is 28.8 Å². The van der Waals surface area contributed by atoms with Crippen molar-refractivity contribution in [1.82, 2.24) is 40.0 Å². The Labute approximate surface area is 318 Å². The molecule has 0 spiro atoms.